The number of rotatable bonds is 4. The number of hydrogen-bond donors (Lipinski definition) is 1. The van der Waals surface area contributed by atoms with E-state index in [1.54, 1.807) is 11.8 Å². The van der Waals surface area contributed by atoms with Crippen molar-refractivity contribution in [3.05, 3.63) is 16.1 Å². The van der Waals surface area contributed by atoms with Crippen molar-refractivity contribution < 1.29 is 19.1 Å². The Hall–Kier alpha value is -1.96. The lowest BCUT2D eigenvalue weighted by atomic mass is 9.97. The van der Waals surface area contributed by atoms with Gasteiger partial charge in [-0.25, -0.2) is 9.78 Å². The number of primary amides is 1. The van der Waals surface area contributed by atoms with Crippen LogP contribution >= 0.6 is 11.3 Å². The number of hydrogen-bond acceptors (Lipinski definition) is 6. The molecule has 2 rings (SSSR count). The molecule has 2 N–H and O–H groups in total. The van der Waals surface area contributed by atoms with E-state index in [0.717, 1.165) is 17.8 Å². The summed E-state index contributed by atoms with van der Waals surface area (Å²) in [7, 11) is 0. The van der Waals surface area contributed by atoms with E-state index >= 15 is 0 Å². The molecule has 1 aromatic heterocycles. The normalized spacial score (nSPS) is 18.3. The van der Waals surface area contributed by atoms with E-state index < -0.39 is 11.9 Å². The number of nitrogens with zero attached hydrogens (tertiary/aromatic N) is 2. The lowest BCUT2D eigenvalue weighted by molar-refractivity contribution is -0.123. The van der Waals surface area contributed by atoms with Crippen molar-refractivity contribution in [3.8, 4) is 0 Å². The topological polar surface area (TPSA) is 103 Å². The van der Waals surface area contributed by atoms with Crippen LogP contribution in [0.3, 0.4) is 0 Å². The van der Waals surface area contributed by atoms with E-state index in [4.69, 9.17) is 10.5 Å². The van der Waals surface area contributed by atoms with Crippen LogP contribution in [-0.4, -0.2) is 47.4 Å². The molecule has 0 spiro atoms. The van der Waals surface area contributed by atoms with Gasteiger partial charge in [-0.15, -0.1) is 11.3 Å². The number of carbonyl (C=O) groups is 3. The molecule has 7 nitrogen and oxygen atoms in total. The lowest BCUT2D eigenvalue weighted by Gasteiger charge is -2.30. The van der Waals surface area contributed by atoms with E-state index in [1.165, 1.54) is 5.38 Å². The second-order valence-electron chi connectivity index (χ2n) is 4.75. The summed E-state index contributed by atoms with van der Waals surface area (Å²) in [4.78, 5) is 40.7. The number of ether oxygens (including phenoxy) is 1. The SMILES string of the molecule is CCOC(=O)c1nc(C(=O)N2CCCC(C(N)=O)C2)cs1. The summed E-state index contributed by atoms with van der Waals surface area (Å²) in [6.45, 7) is 2.83. The Morgan fingerprint density at radius 2 is 2.29 bits per heavy atom. The molecule has 1 atom stereocenters. The molecule has 21 heavy (non-hydrogen) atoms. The first-order chi connectivity index (χ1) is 10.0. The maximum Gasteiger partial charge on any atom is 0.367 e. The summed E-state index contributed by atoms with van der Waals surface area (Å²) in [6.07, 6.45) is 1.43. The fourth-order valence-corrected chi connectivity index (χ4v) is 2.90. The summed E-state index contributed by atoms with van der Waals surface area (Å²) >= 11 is 1.07. The van der Waals surface area contributed by atoms with Crippen molar-refractivity contribution in [2.45, 2.75) is 19.8 Å². The highest BCUT2D eigenvalue weighted by Crippen LogP contribution is 2.19. The third-order valence-electron chi connectivity index (χ3n) is 3.28. The highest BCUT2D eigenvalue weighted by Gasteiger charge is 2.29. The Morgan fingerprint density at radius 3 is 2.95 bits per heavy atom. The summed E-state index contributed by atoms with van der Waals surface area (Å²) in [5.41, 5.74) is 5.50. The molecule has 1 aliphatic heterocycles. The van der Waals surface area contributed by atoms with Crippen molar-refractivity contribution in [2.24, 2.45) is 11.7 Å². The van der Waals surface area contributed by atoms with Gasteiger partial charge in [0.1, 0.15) is 5.69 Å². The van der Waals surface area contributed by atoms with Crippen molar-refractivity contribution in [2.75, 3.05) is 19.7 Å². The van der Waals surface area contributed by atoms with Gasteiger partial charge >= 0.3 is 5.97 Å². The summed E-state index contributed by atoms with van der Waals surface area (Å²) in [5.74, 6) is -1.52. The average Bonchev–Trinajstić information content (AvgIpc) is 2.96. The monoisotopic (exact) mass is 311 g/mol. The Labute approximate surface area is 126 Å². The number of nitrogens with two attached hydrogens (primary N) is 1. The Kier molecular flexibility index (Phi) is 4.89. The van der Waals surface area contributed by atoms with Crippen molar-refractivity contribution in [1.82, 2.24) is 9.88 Å². The molecule has 2 heterocycles. The number of amides is 2. The third-order valence-corrected chi connectivity index (χ3v) is 4.11. The molecule has 114 valence electrons. The van der Waals surface area contributed by atoms with Gasteiger partial charge in [-0.3, -0.25) is 9.59 Å². The van der Waals surface area contributed by atoms with Gasteiger partial charge in [0.05, 0.1) is 12.5 Å². The highest BCUT2D eigenvalue weighted by molar-refractivity contribution is 7.11. The minimum Gasteiger partial charge on any atom is -0.461 e. The van der Waals surface area contributed by atoms with Crippen molar-refractivity contribution in [3.63, 3.8) is 0 Å². The molecular weight excluding hydrogens is 294 g/mol. The molecule has 0 aromatic carbocycles. The van der Waals surface area contributed by atoms with Crippen molar-refractivity contribution in [1.29, 1.82) is 0 Å². The number of aromatic nitrogens is 1. The molecular formula is C13H17N3O4S. The van der Waals surface area contributed by atoms with Crippen LogP contribution in [0.4, 0.5) is 0 Å². The van der Waals surface area contributed by atoms with Crippen LogP contribution in [0.2, 0.25) is 0 Å². The molecule has 1 aliphatic rings. The third kappa shape index (κ3) is 3.57. The number of piperidine rings is 1. The van der Waals surface area contributed by atoms with Crippen LogP contribution in [0.15, 0.2) is 5.38 Å². The van der Waals surface area contributed by atoms with Crippen LogP contribution in [0.25, 0.3) is 0 Å². The average molecular weight is 311 g/mol. The molecule has 0 saturated carbocycles. The van der Waals surface area contributed by atoms with Crippen LogP contribution in [0, 0.1) is 5.92 Å². The fraction of sp³-hybridized carbons (Fsp3) is 0.538. The molecule has 1 aromatic rings. The number of thiazole rings is 1. The highest BCUT2D eigenvalue weighted by atomic mass is 32.1. The Bertz CT molecular complexity index is 557. The molecule has 1 saturated heterocycles. The largest absolute Gasteiger partial charge is 0.461 e. The van der Waals surface area contributed by atoms with Crippen LogP contribution in [-0.2, 0) is 9.53 Å². The van der Waals surface area contributed by atoms with E-state index in [9.17, 15) is 14.4 Å². The van der Waals surface area contributed by atoms with Gasteiger partial charge in [-0.05, 0) is 19.8 Å². The lowest BCUT2D eigenvalue weighted by Crippen LogP contribution is -2.44. The van der Waals surface area contributed by atoms with Gasteiger partial charge in [-0.2, -0.15) is 0 Å². The van der Waals surface area contributed by atoms with Gasteiger partial charge in [0.25, 0.3) is 5.91 Å². The molecule has 8 heteroatoms. The smallest absolute Gasteiger partial charge is 0.367 e. The van der Waals surface area contributed by atoms with Gasteiger partial charge in [0, 0.05) is 18.5 Å². The molecule has 0 bridgehead atoms. The van der Waals surface area contributed by atoms with E-state index in [2.05, 4.69) is 4.98 Å². The van der Waals surface area contributed by atoms with Gasteiger partial charge in [-0.1, -0.05) is 0 Å². The first-order valence-electron chi connectivity index (χ1n) is 6.74. The van der Waals surface area contributed by atoms with Crippen LogP contribution in [0.1, 0.15) is 40.1 Å². The Morgan fingerprint density at radius 1 is 1.52 bits per heavy atom. The van der Waals surface area contributed by atoms with Crippen molar-refractivity contribution >= 4 is 29.1 Å². The maximum absolute atomic E-state index is 12.3. The molecule has 0 aliphatic carbocycles. The minimum atomic E-state index is -0.532. The molecule has 1 fully saturated rings. The second kappa shape index (κ2) is 6.66. The molecule has 0 radical (unpaired) electrons. The zero-order valence-electron chi connectivity index (χ0n) is 11.7. The summed E-state index contributed by atoms with van der Waals surface area (Å²) in [5, 5.41) is 1.69. The zero-order chi connectivity index (χ0) is 15.4. The van der Waals surface area contributed by atoms with E-state index in [-0.39, 0.29) is 29.1 Å². The number of carbonyl (C=O) groups excluding carboxylic acids is 3. The number of esters is 1. The molecule has 2 amide bonds. The second-order valence-corrected chi connectivity index (χ2v) is 5.61. The van der Waals surface area contributed by atoms with Gasteiger partial charge in [0.2, 0.25) is 10.9 Å². The van der Waals surface area contributed by atoms with Gasteiger partial charge < -0.3 is 15.4 Å². The van der Waals surface area contributed by atoms with Crippen LogP contribution < -0.4 is 5.73 Å². The van der Waals surface area contributed by atoms with E-state index in [1.807, 2.05) is 0 Å². The minimum absolute atomic E-state index is 0.156. The Balaban J connectivity index is 2.06. The summed E-state index contributed by atoms with van der Waals surface area (Å²) < 4.78 is 4.84. The predicted molar refractivity (Wildman–Crippen MR) is 75.9 cm³/mol. The maximum atomic E-state index is 12.3. The predicted octanol–water partition coefficient (Wildman–Crippen LogP) is 0.657. The van der Waals surface area contributed by atoms with Gasteiger partial charge in [0.15, 0.2) is 0 Å². The fourth-order valence-electron chi connectivity index (χ4n) is 2.21. The number of likely N-dealkylation sites (tertiary alicyclic amines) is 1. The zero-order valence-corrected chi connectivity index (χ0v) is 12.5. The standard InChI is InChI=1S/C13H17N3O4S/c1-2-20-13(19)11-15-9(7-21-11)12(18)16-5-3-4-8(6-16)10(14)17/h7-8H,2-6H2,1H3,(H2,14,17). The quantitative estimate of drug-likeness (QED) is 0.823. The van der Waals surface area contributed by atoms with E-state index in [0.29, 0.717) is 19.5 Å². The summed E-state index contributed by atoms with van der Waals surface area (Å²) in [6, 6.07) is 0. The first kappa shape index (κ1) is 15.4. The molecule has 1 unspecified atom stereocenters. The van der Waals surface area contributed by atoms with Crippen LogP contribution in [0.5, 0.6) is 0 Å². The first-order valence-corrected chi connectivity index (χ1v) is 7.62.